The van der Waals surface area contributed by atoms with Gasteiger partial charge in [-0.3, -0.25) is 4.79 Å². The molecule has 0 aromatic heterocycles. The van der Waals surface area contributed by atoms with Crippen molar-refractivity contribution in [2.24, 2.45) is 0 Å². The van der Waals surface area contributed by atoms with Crippen LogP contribution in [0.5, 0.6) is 0 Å². The molecule has 2 aromatic carbocycles. The van der Waals surface area contributed by atoms with E-state index in [1.807, 2.05) is 23.9 Å². The smallest absolute Gasteiger partial charge is 0.255 e. The lowest BCUT2D eigenvalue weighted by atomic mass is 9.91. The van der Waals surface area contributed by atoms with Crippen LogP contribution in [0.25, 0.3) is 0 Å². The molecule has 0 bridgehead atoms. The number of nitrogens with zero attached hydrogens (tertiary/aromatic N) is 1. The number of carbonyl (C=O) groups excluding carboxylic acids is 1. The van der Waals surface area contributed by atoms with Crippen LogP contribution in [0.4, 0.5) is 0 Å². The van der Waals surface area contributed by atoms with Crippen LogP contribution in [0.2, 0.25) is 0 Å². The number of amides is 1. The van der Waals surface area contributed by atoms with E-state index in [1.54, 1.807) is 0 Å². The molecule has 1 amide bonds. The number of carbonyl (C=O) groups is 1. The van der Waals surface area contributed by atoms with Gasteiger partial charge in [0.25, 0.3) is 5.91 Å². The summed E-state index contributed by atoms with van der Waals surface area (Å²) in [4.78, 5) is 14.7. The third-order valence-corrected chi connectivity index (χ3v) is 6.75. The number of thioether (sulfide) groups is 1. The maximum atomic E-state index is 12.9. The lowest BCUT2D eigenvalue weighted by molar-refractivity contribution is 0.0752. The zero-order chi connectivity index (χ0) is 14.7. The molecule has 1 saturated heterocycles. The van der Waals surface area contributed by atoms with E-state index in [0.717, 1.165) is 24.3 Å². The number of benzene rings is 2. The van der Waals surface area contributed by atoms with Gasteiger partial charge >= 0.3 is 0 Å². The van der Waals surface area contributed by atoms with E-state index in [2.05, 4.69) is 35.2 Å². The second kappa shape index (κ2) is 4.39. The molecule has 5 rings (SSSR count). The van der Waals surface area contributed by atoms with Gasteiger partial charge in [0.2, 0.25) is 0 Å². The van der Waals surface area contributed by atoms with Crippen molar-refractivity contribution in [1.29, 1.82) is 0 Å². The predicted molar refractivity (Wildman–Crippen MR) is 89.2 cm³/mol. The quantitative estimate of drug-likeness (QED) is 0.802. The van der Waals surface area contributed by atoms with Gasteiger partial charge in [-0.2, -0.15) is 0 Å². The summed E-state index contributed by atoms with van der Waals surface area (Å²) in [5, 5.41) is 0. The zero-order valence-corrected chi connectivity index (χ0v) is 13.2. The van der Waals surface area contributed by atoms with E-state index in [4.69, 9.17) is 0 Å². The molecule has 3 aliphatic rings. The molecule has 0 N–H and O–H groups in total. The van der Waals surface area contributed by atoms with Crippen molar-refractivity contribution in [1.82, 2.24) is 4.90 Å². The molecule has 22 heavy (non-hydrogen) atoms. The van der Waals surface area contributed by atoms with Crippen LogP contribution >= 0.6 is 11.8 Å². The second-order valence-corrected chi connectivity index (χ2v) is 7.58. The molecular weight excluding hydrogens is 290 g/mol. The van der Waals surface area contributed by atoms with Crippen LogP contribution < -0.4 is 0 Å². The summed E-state index contributed by atoms with van der Waals surface area (Å²) in [6, 6.07) is 14.9. The van der Waals surface area contributed by atoms with Crippen molar-refractivity contribution >= 4 is 17.7 Å². The van der Waals surface area contributed by atoms with Gasteiger partial charge in [-0.05, 0) is 42.0 Å². The standard InChI is InChI=1S/C19H17NOS/c21-18-15-7-1-2-9-17(15)19(20(18)11-12-22-19)16-10-4-6-13-5-3-8-14(13)16/h1-2,4,6-7,9-10H,3,5,8,11-12H2. The summed E-state index contributed by atoms with van der Waals surface area (Å²) >= 11 is 1.93. The summed E-state index contributed by atoms with van der Waals surface area (Å²) in [7, 11) is 0. The lowest BCUT2D eigenvalue weighted by Gasteiger charge is -2.34. The van der Waals surface area contributed by atoms with Crippen LogP contribution in [0, 0.1) is 0 Å². The first kappa shape index (κ1) is 12.8. The molecule has 0 radical (unpaired) electrons. The highest BCUT2D eigenvalue weighted by Crippen LogP contribution is 2.56. The molecule has 0 saturated carbocycles. The summed E-state index contributed by atoms with van der Waals surface area (Å²) in [5.41, 5.74) is 6.43. The number of fused-ring (bicyclic) bond motifs is 4. The molecule has 2 aliphatic heterocycles. The van der Waals surface area contributed by atoms with Crippen LogP contribution in [0.3, 0.4) is 0 Å². The fourth-order valence-corrected chi connectivity index (χ4v) is 5.98. The van der Waals surface area contributed by atoms with Gasteiger partial charge in [0.1, 0.15) is 4.87 Å². The van der Waals surface area contributed by atoms with Crippen molar-refractivity contribution in [3.63, 3.8) is 0 Å². The molecule has 2 nitrogen and oxygen atoms in total. The van der Waals surface area contributed by atoms with E-state index in [9.17, 15) is 4.79 Å². The van der Waals surface area contributed by atoms with Crippen LogP contribution in [-0.4, -0.2) is 23.1 Å². The van der Waals surface area contributed by atoms with Crippen LogP contribution in [-0.2, 0) is 17.7 Å². The predicted octanol–water partition coefficient (Wildman–Crippen LogP) is 3.58. The van der Waals surface area contributed by atoms with Crippen molar-refractivity contribution < 1.29 is 4.79 Å². The van der Waals surface area contributed by atoms with Gasteiger partial charge in [-0.15, -0.1) is 11.8 Å². The Morgan fingerprint density at radius 1 is 1.00 bits per heavy atom. The number of aryl methyl sites for hydroxylation is 1. The summed E-state index contributed by atoms with van der Waals surface area (Å²) < 4.78 is 0. The third-order valence-electron chi connectivity index (χ3n) is 5.28. The Hall–Kier alpha value is -1.74. The normalized spacial score (nSPS) is 25.3. The van der Waals surface area contributed by atoms with E-state index in [0.29, 0.717) is 0 Å². The molecule has 1 atom stereocenters. The monoisotopic (exact) mass is 307 g/mol. The fraction of sp³-hybridized carbons (Fsp3) is 0.316. The Kier molecular flexibility index (Phi) is 2.55. The SMILES string of the molecule is O=C1c2ccccc2C2(c3cccc4c3CCC4)SCCN12. The van der Waals surface area contributed by atoms with E-state index < -0.39 is 0 Å². The number of rotatable bonds is 1. The van der Waals surface area contributed by atoms with Crippen LogP contribution in [0.1, 0.15) is 39.0 Å². The van der Waals surface area contributed by atoms with Gasteiger partial charge in [0, 0.05) is 23.4 Å². The average molecular weight is 307 g/mol. The highest BCUT2D eigenvalue weighted by Gasteiger charge is 2.55. The average Bonchev–Trinajstić information content (AvgIpc) is 3.24. The molecule has 3 heteroatoms. The summed E-state index contributed by atoms with van der Waals surface area (Å²) in [5.74, 6) is 1.22. The molecule has 110 valence electrons. The minimum atomic E-state index is -0.274. The van der Waals surface area contributed by atoms with E-state index >= 15 is 0 Å². The minimum Gasteiger partial charge on any atom is -0.315 e. The van der Waals surface area contributed by atoms with Crippen molar-refractivity contribution in [3.8, 4) is 0 Å². The Morgan fingerprint density at radius 3 is 2.82 bits per heavy atom. The first-order valence-electron chi connectivity index (χ1n) is 7.99. The van der Waals surface area contributed by atoms with Gasteiger partial charge in [0.05, 0.1) is 0 Å². The molecular formula is C19H17NOS. The van der Waals surface area contributed by atoms with Gasteiger partial charge in [-0.25, -0.2) is 0 Å². The maximum Gasteiger partial charge on any atom is 0.255 e. The first-order valence-corrected chi connectivity index (χ1v) is 8.97. The zero-order valence-electron chi connectivity index (χ0n) is 12.3. The first-order chi connectivity index (χ1) is 10.8. The van der Waals surface area contributed by atoms with Crippen molar-refractivity contribution in [2.45, 2.75) is 24.1 Å². The van der Waals surface area contributed by atoms with E-state index in [-0.39, 0.29) is 10.8 Å². The molecule has 0 spiro atoms. The summed E-state index contributed by atoms with van der Waals surface area (Å²) in [6.45, 7) is 0.849. The highest BCUT2D eigenvalue weighted by molar-refractivity contribution is 8.00. The molecule has 2 heterocycles. The van der Waals surface area contributed by atoms with Crippen LogP contribution in [0.15, 0.2) is 42.5 Å². The molecule has 1 aliphatic carbocycles. The van der Waals surface area contributed by atoms with Gasteiger partial charge < -0.3 is 4.90 Å². The van der Waals surface area contributed by atoms with Gasteiger partial charge in [-0.1, -0.05) is 36.4 Å². The van der Waals surface area contributed by atoms with Crippen molar-refractivity contribution in [2.75, 3.05) is 12.3 Å². The Morgan fingerprint density at radius 2 is 1.86 bits per heavy atom. The number of hydrogen-bond acceptors (Lipinski definition) is 2. The molecule has 1 unspecified atom stereocenters. The third kappa shape index (κ3) is 1.40. The van der Waals surface area contributed by atoms with E-state index in [1.165, 1.54) is 35.1 Å². The lowest BCUT2D eigenvalue weighted by Crippen LogP contribution is -2.38. The largest absolute Gasteiger partial charge is 0.315 e. The maximum absolute atomic E-state index is 12.9. The Labute approximate surface area is 134 Å². The highest BCUT2D eigenvalue weighted by atomic mass is 32.2. The Balaban J connectivity index is 1.83. The topological polar surface area (TPSA) is 20.3 Å². The number of hydrogen-bond donors (Lipinski definition) is 0. The van der Waals surface area contributed by atoms with Gasteiger partial charge in [0.15, 0.2) is 0 Å². The summed E-state index contributed by atoms with van der Waals surface area (Å²) in [6.07, 6.45) is 3.57. The fourth-order valence-electron chi connectivity index (χ4n) is 4.40. The molecule has 1 fully saturated rings. The van der Waals surface area contributed by atoms with Crippen molar-refractivity contribution in [3.05, 3.63) is 70.3 Å². The Bertz CT molecular complexity index is 800. The second-order valence-electron chi connectivity index (χ2n) is 6.29. The minimum absolute atomic E-state index is 0.205. The molecule has 2 aromatic rings.